The molecule has 7 heteroatoms. The van der Waals surface area contributed by atoms with Crippen molar-refractivity contribution in [2.45, 2.75) is 6.04 Å². The van der Waals surface area contributed by atoms with Crippen LogP contribution in [0.1, 0.15) is 10.4 Å². The summed E-state index contributed by atoms with van der Waals surface area (Å²) in [4.78, 5) is 23.1. The van der Waals surface area contributed by atoms with Crippen LogP contribution >= 0.6 is 0 Å². The predicted molar refractivity (Wildman–Crippen MR) is 70.6 cm³/mol. The van der Waals surface area contributed by atoms with Crippen LogP contribution in [0, 0.1) is 5.92 Å². The molecule has 1 saturated heterocycles. The van der Waals surface area contributed by atoms with Crippen LogP contribution in [0.2, 0.25) is 0 Å². The first-order chi connectivity index (χ1) is 9.52. The largest absolute Gasteiger partial charge is 0.497 e. The quantitative estimate of drug-likeness (QED) is 0.675. The summed E-state index contributed by atoms with van der Waals surface area (Å²) in [7, 11) is 1.50. The van der Waals surface area contributed by atoms with Crippen LogP contribution in [0.15, 0.2) is 18.2 Å². The maximum atomic E-state index is 12.1. The summed E-state index contributed by atoms with van der Waals surface area (Å²) in [6.07, 6.45) is 0. The lowest BCUT2D eigenvalue weighted by Gasteiger charge is -2.16. The predicted octanol–water partition coefficient (Wildman–Crippen LogP) is 0.107. The molecule has 2 rings (SSSR count). The molecule has 1 aromatic rings. The van der Waals surface area contributed by atoms with Crippen molar-refractivity contribution in [3.8, 4) is 5.75 Å². The van der Waals surface area contributed by atoms with E-state index in [2.05, 4.69) is 5.32 Å². The molecule has 1 aliphatic heterocycles. The molecule has 0 saturated carbocycles. The fourth-order valence-corrected chi connectivity index (χ4v) is 2.06. The number of ether oxygens (including phenoxy) is 2. The van der Waals surface area contributed by atoms with Crippen molar-refractivity contribution < 1.29 is 24.2 Å². The van der Waals surface area contributed by atoms with Crippen molar-refractivity contribution in [3.05, 3.63) is 23.8 Å². The molecule has 0 spiro atoms. The monoisotopic (exact) mass is 280 g/mol. The number of amides is 1. The molecule has 2 atom stereocenters. The van der Waals surface area contributed by atoms with E-state index in [0.29, 0.717) is 5.75 Å². The Morgan fingerprint density at radius 3 is 2.80 bits per heavy atom. The van der Waals surface area contributed by atoms with Gasteiger partial charge in [-0.15, -0.1) is 0 Å². The van der Waals surface area contributed by atoms with Crippen LogP contribution in [0.4, 0.5) is 5.69 Å². The van der Waals surface area contributed by atoms with Crippen LogP contribution in [0.25, 0.3) is 0 Å². The standard InChI is InChI=1S/C13H16N2O5/c1-19-7-2-3-8(10(14)4-7)12(16)15-11-6-20-5-9(11)13(17)18/h2-4,9,11H,5-6,14H2,1H3,(H,15,16)(H,17,18). The number of nitrogens with two attached hydrogens (primary N) is 1. The molecule has 0 bridgehead atoms. The maximum Gasteiger partial charge on any atom is 0.311 e. The Morgan fingerprint density at radius 1 is 1.45 bits per heavy atom. The topological polar surface area (TPSA) is 111 Å². The number of carboxylic acids is 1. The zero-order valence-corrected chi connectivity index (χ0v) is 11.0. The lowest BCUT2D eigenvalue weighted by atomic mass is 10.0. The Balaban J connectivity index is 2.10. The van der Waals surface area contributed by atoms with Gasteiger partial charge in [0.1, 0.15) is 11.7 Å². The SMILES string of the molecule is COc1ccc(C(=O)NC2COCC2C(=O)O)c(N)c1. The summed E-state index contributed by atoms with van der Waals surface area (Å²) >= 11 is 0. The number of nitrogens with one attached hydrogen (secondary N) is 1. The number of benzene rings is 1. The molecule has 108 valence electrons. The van der Waals surface area contributed by atoms with E-state index in [1.807, 2.05) is 0 Å². The number of carbonyl (C=O) groups excluding carboxylic acids is 1. The summed E-state index contributed by atoms with van der Waals surface area (Å²) < 4.78 is 10.1. The van der Waals surface area contributed by atoms with Gasteiger partial charge in [0.15, 0.2) is 0 Å². The molecule has 1 fully saturated rings. The second-order valence-corrected chi connectivity index (χ2v) is 4.52. The molecule has 1 amide bonds. The van der Waals surface area contributed by atoms with E-state index in [-0.39, 0.29) is 24.5 Å². The van der Waals surface area contributed by atoms with Crippen molar-refractivity contribution in [1.82, 2.24) is 5.32 Å². The van der Waals surface area contributed by atoms with Crippen LogP contribution in [0.3, 0.4) is 0 Å². The molecular weight excluding hydrogens is 264 g/mol. The van der Waals surface area contributed by atoms with Gasteiger partial charge in [0, 0.05) is 11.8 Å². The third-order valence-corrected chi connectivity index (χ3v) is 3.22. The minimum atomic E-state index is -0.990. The molecule has 1 aliphatic rings. The number of carboxylic acid groups (broad SMARTS) is 1. The summed E-state index contributed by atoms with van der Waals surface area (Å²) in [5, 5.41) is 11.7. The molecule has 0 radical (unpaired) electrons. The highest BCUT2D eigenvalue weighted by Gasteiger charge is 2.35. The third kappa shape index (κ3) is 2.83. The molecule has 2 unspecified atom stereocenters. The summed E-state index contributed by atoms with van der Waals surface area (Å²) in [6.45, 7) is 0.275. The summed E-state index contributed by atoms with van der Waals surface area (Å²) in [5.41, 5.74) is 6.33. The van der Waals surface area contributed by atoms with Crippen molar-refractivity contribution in [2.24, 2.45) is 5.92 Å². The molecular formula is C13H16N2O5. The smallest absolute Gasteiger partial charge is 0.311 e. The van der Waals surface area contributed by atoms with Gasteiger partial charge >= 0.3 is 5.97 Å². The Morgan fingerprint density at radius 2 is 2.20 bits per heavy atom. The van der Waals surface area contributed by atoms with Gasteiger partial charge in [-0.1, -0.05) is 0 Å². The second kappa shape index (κ2) is 5.79. The summed E-state index contributed by atoms with van der Waals surface area (Å²) in [6, 6.07) is 4.14. The first kappa shape index (κ1) is 14.1. The highest BCUT2D eigenvalue weighted by molar-refractivity contribution is 5.99. The van der Waals surface area contributed by atoms with Gasteiger partial charge in [-0.25, -0.2) is 0 Å². The Hall–Kier alpha value is -2.28. The van der Waals surface area contributed by atoms with E-state index in [4.69, 9.17) is 20.3 Å². The number of aliphatic carboxylic acids is 1. The number of anilines is 1. The number of nitrogen functional groups attached to an aromatic ring is 1. The van der Waals surface area contributed by atoms with Crippen molar-refractivity contribution >= 4 is 17.6 Å². The highest BCUT2D eigenvalue weighted by atomic mass is 16.5. The molecule has 20 heavy (non-hydrogen) atoms. The average molecular weight is 280 g/mol. The Kier molecular flexibility index (Phi) is 4.09. The first-order valence-electron chi connectivity index (χ1n) is 6.08. The first-order valence-corrected chi connectivity index (χ1v) is 6.08. The van der Waals surface area contributed by atoms with Gasteiger partial charge in [0.05, 0.1) is 31.9 Å². The fraction of sp³-hybridized carbons (Fsp3) is 0.385. The molecule has 0 aromatic heterocycles. The van der Waals surface area contributed by atoms with E-state index in [9.17, 15) is 9.59 Å². The van der Waals surface area contributed by atoms with Crippen molar-refractivity contribution in [2.75, 3.05) is 26.1 Å². The maximum absolute atomic E-state index is 12.1. The van der Waals surface area contributed by atoms with E-state index < -0.39 is 23.8 Å². The van der Waals surface area contributed by atoms with E-state index in [0.717, 1.165) is 0 Å². The fourth-order valence-electron chi connectivity index (χ4n) is 2.06. The zero-order chi connectivity index (χ0) is 14.7. The van der Waals surface area contributed by atoms with Crippen LogP contribution in [-0.2, 0) is 9.53 Å². The van der Waals surface area contributed by atoms with Gasteiger partial charge < -0.3 is 25.6 Å². The van der Waals surface area contributed by atoms with E-state index >= 15 is 0 Å². The zero-order valence-electron chi connectivity index (χ0n) is 11.0. The molecule has 7 nitrogen and oxygen atoms in total. The van der Waals surface area contributed by atoms with E-state index in [1.165, 1.54) is 19.2 Å². The van der Waals surface area contributed by atoms with Crippen molar-refractivity contribution in [1.29, 1.82) is 0 Å². The molecule has 0 aliphatic carbocycles. The van der Waals surface area contributed by atoms with Crippen LogP contribution in [0.5, 0.6) is 5.75 Å². The number of hydrogen-bond donors (Lipinski definition) is 3. The number of methoxy groups -OCH3 is 1. The third-order valence-electron chi connectivity index (χ3n) is 3.22. The van der Waals surface area contributed by atoms with Crippen LogP contribution in [-0.4, -0.2) is 43.3 Å². The van der Waals surface area contributed by atoms with Gasteiger partial charge in [-0.3, -0.25) is 9.59 Å². The number of hydrogen-bond acceptors (Lipinski definition) is 5. The van der Waals surface area contributed by atoms with Gasteiger partial charge in [-0.05, 0) is 12.1 Å². The highest BCUT2D eigenvalue weighted by Crippen LogP contribution is 2.21. The van der Waals surface area contributed by atoms with Crippen molar-refractivity contribution in [3.63, 3.8) is 0 Å². The second-order valence-electron chi connectivity index (χ2n) is 4.52. The minimum Gasteiger partial charge on any atom is -0.497 e. The normalized spacial score (nSPS) is 21.4. The summed E-state index contributed by atoms with van der Waals surface area (Å²) in [5.74, 6) is -1.60. The van der Waals surface area contributed by atoms with Gasteiger partial charge in [-0.2, -0.15) is 0 Å². The lowest BCUT2D eigenvalue weighted by molar-refractivity contribution is -0.142. The number of carbonyl (C=O) groups is 2. The van der Waals surface area contributed by atoms with E-state index in [1.54, 1.807) is 6.07 Å². The Labute approximate surface area is 115 Å². The molecule has 1 heterocycles. The molecule has 1 aromatic carbocycles. The molecule has 4 N–H and O–H groups in total. The van der Waals surface area contributed by atoms with Crippen LogP contribution < -0.4 is 15.8 Å². The average Bonchev–Trinajstić information content (AvgIpc) is 2.86. The van der Waals surface area contributed by atoms with Gasteiger partial charge in [0.25, 0.3) is 5.91 Å². The minimum absolute atomic E-state index is 0.0956. The number of rotatable bonds is 4. The Bertz CT molecular complexity index is 531. The van der Waals surface area contributed by atoms with Gasteiger partial charge in [0.2, 0.25) is 0 Å². The lowest BCUT2D eigenvalue weighted by Crippen LogP contribution is -2.42.